The second kappa shape index (κ2) is 55.5. The number of hydrogen-bond acceptors (Lipinski definition) is 6. The van der Waals surface area contributed by atoms with Gasteiger partial charge in [0, 0.05) is 20.8 Å². The molecule has 0 spiro atoms. The fourth-order valence-electron chi connectivity index (χ4n) is 2.22. The molecule has 0 unspecified atom stereocenters. The van der Waals surface area contributed by atoms with Crippen LogP contribution in [-0.2, 0) is 28.6 Å². The summed E-state index contributed by atoms with van der Waals surface area (Å²) < 4.78 is 14.0. The molecule has 0 aromatic carbocycles. The van der Waals surface area contributed by atoms with Gasteiger partial charge in [-0.15, -0.1) is 0 Å². The Bertz CT molecular complexity index is 723. The van der Waals surface area contributed by atoms with Crippen molar-refractivity contribution in [2.45, 2.75) is 128 Å². The molecule has 0 amide bonds. The van der Waals surface area contributed by atoms with E-state index in [4.69, 9.17) is 4.74 Å². The van der Waals surface area contributed by atoms with Gasteiger partial charge in [-0.25, -0.2) is 0 Å². The number of rotatable bonds is 14. The minimum atomic E-state index is -0.754. The molecule has 0 atom stereocenters. The Hall–Kier alpha value is -3.41. The molecule has 0 N–H and O–H groups in total. The van der Waals surface area contributed by atoms with Crippen LogP contribution in [-0.4, -0.2) is 37.2 Å². The number of esters is 3. The number of ether oxygens (including phenoxy) is 3. The molecule has 6 heteroatoms. The SMILES string of the molecule is C/C=C\C/C=C\C.C/C=C\C/C=C\C.C/C=C\C/C=C\C/C=C\CC.CC.CC.CC(=O)OCC(COC(C)=O)OC(C)=O. The van der Waals surface area contributed by atoms with Gasteiger partial charge in [0.25, 0.3) is 0 Å². The van der Waals surface area contributed by atoms with Gasteiger partial charge in [0.1, 0.15) is 13.2 Å². The molecule has 0 aliphatic carbocycles. The first kappa shape index (κ1) is 53.2. The molecule has 0 saturated heterocycles. The summed E-state index contributed by atoms with van der Waals surface area (Å²) in [5.74, 6) is -1.51. The second-order valence-corrected chi connectivity index (χ2v) is 7.98. The average molecular weight is 621 g/mol. The lowest BCUT2D eigenvalue weighted by Gasteiger charge is -2.15. The molecule has 0 bridgehead atoms. The van der Waals surface area contributed by atoms with Crippen LogP contribution in [0, 0.1) is 0 Å². The Kier molecular flexibility index (Phi) is 67.1. The monoisotopic (exact) mass is 621 g/mol. The van der Waals surface area contributed by atoms with Gasteiger partial charge in [-0.1, -0.05) is 120 Å². The molecule has 6 nitrogen and oxygen atoms in total. The molecule has 256 valence electrons. The number of carbonyl (C=O) groups is 3. The summed E-state index contributed by atoms with van der Waals surface area (Å²) in [7, 11) is 0. The highest BCUT2D eigenvalue weighted by molar-refractivity contribution is 5.67. The van der Waals surface area contributed by atoms with Crippen molar-refractivity contribution in [1.29, 1.82) is 0 Å². The van der Waals surface area contributed by atoms with Crippen molar-refractivity contribution < 1.29 is 28.6 Å². The maximum Gasteiger partial charge on any atom is 0.303 e. The van der Waals surface area contributed by atoms with Crippen LogP contribution < -0.4 is 0 Å². The van der Waals surface area contributed by atoms with E-state index >= 15 is 0 Å². The number of carbonyl (C=O) groups excluding carboxylic acids is 3. The predicted octanol–water partition coefficient (Wildman–Crippen LogP) is 11.0. The van der Waals surface area contributed by atoms with Crippen LogP contribution in [0.4, 0.5) is 0 Å². The zero-order chi connectivity index (χ0) is 35.3. The van der Waals surface area contributed by atoms with Gasteiger partial charge in [-0.2, -0.15) is 0 Å². The van der Waals surface area contributed by atoms with Crippen molar-refractivity contribution in [3.05, 3.63) is 85.1 Å². The van der Waals surface area contributed by atoms with Crippen molar-refractivity contribution in [1.82, 2.24) is 0 Å². The van der Waals surface area contributed by atoms with Crippen LogP contribution >= 0.6 is 0 Å². The minimum Gasteiger partial charge on any atom is -0.462 e. The molecule has 0 fully saturated rings. The van der Waals surface area contributed by atoms with Crippen LogP contribution in [0.25, 0.3) is 0 Å². The Labute approximate surface area is 272 Å². The summed E-state index contributed by atoms with van der Waals surface area (Å²) in [5, 5.41) is 0. The fourth-order valence-corrected chi connectivity index (χ4v) is 2.22. The van der Waals surface area contributed by atoms with Gasteiger partial charge in [0.15, 0.2) is 6.10 Å². The fraction of sp³-hybridized carbons (Fsp3) is 0.553. The van der Waals surface area contributed by atoms with E-state index in [-0.39, 0.29) is 13.2 Å². The largest absolute Gasteiger partial charge is 0.462 e. The molecule has 0 radical (unpaired) electrons. The Morgan fingerprint density at radius 2 is 0.750 bits per heavy atom. The molecule has 0 rings (SSSR count). The minimum absolute atomic E-state index is 0.123. The van der Waals surface area contributed by atoms with E-state index in [0.717, 1.165) is 32.1 Å². The van der Waals surface area contributed by atoms with E-state index in [1.165, 1.54) is 20.8 Å². The van der Waals surface area contributed by atoms with E-state index in [9.17, 15) is 14.4 Å². The first-order valence-electron chi connectivity index (χ1n) is 16.0. The van der Waals surface area contributed by atoms with Gasteiger partial charge in [-0.05, 0) is 66.7 Å². The molecular weight excluding hydrogens is 552 g/mol. The molecule has 0 aliphatic rings. The van der Waals surface area contributed by atoms with Crippen molar-refractivity contribution in [3.63, 3.8) is 0 Å². The third kappa shape index (κ3) is 77.1. The summed E-state index contributed by atoms with van der Waals surface area (Å²) in [6, 6.07) is 0. The van der Waals surface area contributed by atoms with Crippen LogP contribution in [0.3, 0.4) is 0 Å². The van der Waals surface area contributed by atoms with E-state index < -0.39 is 24.0 Å². The van der Waals surface area contributed by atoms with Gasteiger partial charge in [0.2, 0.25) is 0 Å². The molecule has 0 saturated carbocycles. The zero-order valence-corrected chi connectivity index (χ0v) is 30.6. The molecule has 44 heavy (non-hydrogen) atoms. The van der Waals surface area contributed by atoms with Crippen LogP contribution in [0.15, 0.2) is 85.1 Å². The topological polar surface area (TPSA) is 78.9 Å². The summed E-state index contributed by atoms with van der Waals surface area (Å²) >= 11 is 0. The standard InChI is InChI=1S/C11H18.C9H14O6.2C7H12.2C2H6/c1-3-5-7-9-11-10-8-6-4-2;1-6(10)13-4-9(15-8(3)12)5-14-7(2)11;2*1-3-5-7-6-4-2;2*1-2/h3,5-6,8-9,11H,4,7,10H2,1-2H3;9H,4-5H2,1-3H3;2*3-6H,7H2,1-2H3;2*1-2H3/b5-3-,8-6-,11-9-;;2*5-3-,6-4-;;. The number of hydrogen-bond donors (Lipinski definition) is 0. The van der Waals surface area contributed by atoms with Gasteiger partial charge >= 0.3 is 17.9 Å². The Morgan fingerprint density at radius 3 is 1.00 bits per heavy atom. The lowest BCUT2D eigenvalue weighted by Crippen LogP contribution is -2.29. The Balaban J connectivity index is -0.000000110. The summed E-state index contributed by atoms with van der Waals surface area (Å²) in [4.78, 5) is 31.6. The molecular formula is C38H68O6. The smallest absolute Gasteiger partial charge is 0.303 e. The third-order valence-electron chi connectivity index (χ3n) is 4.11. The summed E-state index contributed by atoms with van der Waals surface area (Å²) in [6.45, 7) is 23.8. The van der Waals surface area contributed by atoms with Crippen molar-refractivity contribution in [2.24, 2.45) is 0 Å². The van der Waals surface area contributed by atoms with Crippen molar-refractivity contribution >= 4 is 17.9 Å². The van der Waals surface area contributed by atoms with Gasteiger partial charge in [-0.3, -0.25) is 14.4 Å². The summed E-state index contributed by atoms with van der Waals surface area (Å²) in [5.41, 5.74) is 0. The highest BCUT2D eigenvalue weighted by atomic mass is 16.6. The zero-order valence-electron chi connectivity index (χ0n) is 30.6. The van der Waals surface area contributed by atoms with Crippen LogP contribution in [0.2, 0.25) is 0 Å². The van der Waals surface area contributed by atoms with Crippen LogP contribution in [0.1, 0.15) is 122 Å². The normalized spacial score (nSPS) is 10.4. The van der Waals surface area contributed by atoms with Gasteiger partial charge < -0.3 is 14.2 Å². The highest BCUT2D eigenvalue weighted by Gasteiger charge is 2.15. The highest BCUT2D eigenvalue weighted by Crippen LogP contribution is 1.97. The lowest BCUT2D eigenvalue weighted by atomic mass is 10.3. The molecule has 0 aliphatic heterocycles. The summed E-state index contributed by atoms with van der Waals surface area (Å²) in [6.07, 6.45) is 34.4. The number of allylic oxidation sites excluding steroid dienone is 14. The van der Waals surface area contributed by atoms with Gasteiger partial charge in [0.05, 0.1) is 0 Å². The van der Waals surface area contributed by atoms with Crippen molar-refractivity contribution in [2.75, 3.05) is 13.2 Å². The van der Waals surface area contributed by atoms with E-state index in [1.54, 1.807) is 0 Å². The van der Waals surface area contributed by atoms with Crippen LogP contribution in [0.5, 0.6) is 0 Å². The van der Waals surface area contributed by atoms with E-state index in [0.29, 0.717) is 0 Å². The molecule has 0 aromatic rings. The van der Waals surface area contributed by atoms with Crippen molar-refractivity contribution in [3.8, 4) is 0 Å². The Morgan fingerprint density at radius 1 is 0.477 bits per heavy atom. The second-order valence-electron chi connectivity index (χ2n) is 7.98. The molecule has 0 heterocycles. The van der Waals surface area contributed by atoms with E-state index in [2.05, 4.69) is 101 Å². The molecule has 0 aromatic heterocycles. The quantitative estimate of drug-likeness (QED) is 0.109. The maximum atomic E-state index is 10.6. The first-order valence-corrected chi connectivity index (χ1v) is 16.0. The lowest BCUT2D eigenvalue weighted by molar-refractivity contribution is -0.163. The maximum absolute atomic E-state index is 10.6. The third-order valence-corrected chi connectivity index (χ3v) is 4.11. The predicted molar refractivity (Wildman–Crippen MR) is 193 cm³/mol. The van der Waals surface area contributed by atoms with E-state index in [1.807, 2.05) is 62.3 Å². The first-order chi connectivity index (χ1) is 21.2. The average Bonchev–Trinajstić information content (AvgIpc) is 3.01.